The fourth-order valence-corrected chi connectivity index (χ4v) is 4.00. The minimum absolute atomic E-state index is 0.141. The van der Waals surface area contributed by atoms with Crippen molar-refractivity contribution in [2.45, 2.75) is 13.5 Å². The Labute approximate surface area is 185 Å². The molecule has 2 aromatic heterocycles. The molecular formula is C21H19IN4O4. The number of benzene rings is 2. The van der Waals surface area contributed by atoms with Crippen LogP contribution in [0.1, 0.15) is 15.9 Å². The largest absolute Gasteiger partial charge is 0.422 e. The average Bonchev–Trinajstić information content (AvgIpc) is 3.00. The Morgan fingerprint density at radius 3 is 2.83 bits per heavy atom. The number of primary amides is 1. The first-order valence-electron chi connectivity index (χ1n) is 9.18. The lowest BCUT2D eigenvalue weighted by atomic mass is 10.1. The van der Waals surface area contributed by atoms with Crippen LogP contribution >= 0.6 is 22.6 Å². The number of halogens is 1. The molecule has 30 heavy (non-hydrogen) atoms. The van der Waals surface area contributed by atoms with Gasteiger partial charge in [-0.1, -0.05) is 6.07 Å². The van der Waals surface area contributed by atoms with Crippen molar-refractivity contribution >= 4 is 62.1 Å². The number of nitrogens with zero attached hydrogens (tertiary/aromatic N) is 2. The highest BCUT2D eigenvalue weighted by molar-refractivity contribution is 14.1. The zero-order chi connectivity index (χ0) is 21.4. The summed E-state index contributed by atoms with van der Waals surface area (Å²) in [5.74, 6) is -0.176. The fraction of sp³-hybridized carbons (Fsp3) is 0.190. The van der Waals surface area contributed by atoms with E-state index < -0.39 is 11.5 Å². The van der Waals surface area contributed by atoms with Crippen molar-refractivity contribution in [3.05, 3.63) is 61.5 Å². The van der Waals surface area contributed by atoms with Crippen LogP contribution in [0.5, 0.6) is 0 Å². The first-order chi connectivity index (χ1) is 14.4. The second kappa shape index (κ2) is 8.07. The van der Waals surface area contributed by atoms with Crippen molar-refractivity contribution in [2.24, 2.45) is 5.73 Å². The summed E-state index contributed by atoms with van der Waals surface area (Å²) in [4.78, 5) is 28.7. The highest BCUT2D eigenvalue weighted by Crippen LogP contribution is 2.29. The molecule has 9 heteroatoms. The molecule has 0 aliphatic heterocycles. The zero-order valence-corrected chi connectivity index (χ0v) is 18.5. The number of aryl methyl sites for hydroxylation is 1. The summed E-state index contributed by atoms with van der Waals surface area (Å²) >= 11 is 2.25. The van der Waals surface area contributed by atoms with Crippen molar-refractivity contribution in [3.8, 4) is 0 Å². The number of nitrogens with one attached hydrogen (secondary N) is 1. The second-order valence-electron chi connectivity index (χ2n) is 6.81. The van der Waals surface area contributed by atoms with Gasteiger partial charge in [0.15, 0.2) is 0 Å². The summed E-state index contributed by atoms with van der Waals surface area (Å²) in [5, 5.41) is 3.97. The van der Waals surface area contributed by atoms with Crippen molar-refractivity contribution < 1.29 is 13.9 Å². The summed E-state index contributed by atoms with van der Waals surface area (Å²) < 4.78 is 13.7. The lowest BCUT2D eigenvalue weighted by Crippen LogP contribution is -2.22. The van der Waals surface area contributed by atoms with E-state index in [9.17, 15) is 9.59 Å². The van der Waals surface area contributed by atoms with E-state index in [1.165, 1.54) is 0 Å². The number of ether oxygens (including phenoxy) is 1. The van der Waals surface area contributed by atoms with E-state index in [0.29, 0.717) is 41.1 Å². The molecule has 0 saturated carbocycles. The standard InChI is InChI=1S/C21H19IN4O4/c1-11-14-9-15-16(10-17(14)30-20(28)18(11)19(23)27)26(6-7-29-2)21(25-15)24-13-5-3-4-12(22)8-13/h3-5,8-10H,6-7H2,1-2H3,(H2,23,27)(H,24,25). The minimum Gasteiger partial charge on any atom is -0.422 e. The van der Waals surface area contributed by atoms with Crippen molar-refractivity contribution in [2.75, 3.05) is 19.0 Å². The second-order valence-corrected chi connectivity index (χ2v) is 8.05. The lowest BCUT2D eigenvalue weighted by Gasteiger charge is -2.11. The van der Waals surface area contributed by atoms with E-state index in [0.717, 1.165) is 14.8 Å². The van der Waals surface area contributed by atoms with E-state index in [1.807, 2.05) is 28.8 Å². The third-order valence-corrected chi connectivity index (χ3v) is 5.55. The number of carbonyl (C=O) groups excluding carboxylic acids is 1. The van der Waals surface area contributed by atoms with Crippen molar-refractivity contribution in [3.63, 3.8) is 0 Å². The van der Waals surface area contributed by atoms with E-state index in [4.69, 9.17) is 19.9 Å². The van der Waals surface area contributed by atoms with Gasteiger partial charge in [-0.15, -0.1) is 0 Å². The number of hydrogen-bond donors (Lipinski definition) is 2. The maximum Gasteiger partial charge on any atom is 0.349 e. The van der Waals surface area contributed by atoms with Gasteiger partial charge in [0, 0.05) is 34.4 Å². The third kappa shape index (κ3) is 3.65. The number of carbonyl (C=O) groups is 1. The van der Waals surface area contributed by atoms with Gasteiger partial charge >= 0.3 is 5.63 Å². The number of methoxy groups -OCH3 is 1. The minimum atomic E-state index is -0.810. The number of anilines is 2. The first-order valence-corrected chi connectivity index (χ1v) is 10.3. The molecule has 0 aliphatic rings. The quantitative estimate of drug-likeness (QED) is 0.298. The molecule has 0 bridgehead atoms. The molecule has 1 amide bonds. The summed E-state index contributed by atoms with van der Waals surface area (Å²) in [5.41, 5.74) is 7.70. The number of fused-ring (bicyclic) bond motifs is 2. The monoisotopic (exact) mass is 518 g/mol. The molecule has 4 aromatic rings. The predicted octanol–water partition coefficient (Wildman–Crippen LogP) is 3.54. The normalized spacial score (nSPS) is 11.3. The van der Waals surface area contributed by atoms with Gasteiger partial charge in [-0.2, -0.15) is 0 Å². The van der Waals surface area contributed by atoms with Gasteiger partial charge in [-0.3, -0.25) is 4.79 Å². The Hall–Kier alpha value is -2.92. The molecule has 154 valence electrons. The Kier molecular flexibility index (Phi) is 5.48. The number of rotatable bonds is 6. The molecule has 0 unspecified atom stereocenters. The molecule has 0 radical (unpaired) electrons. The van der Waals surface area contributed by atoms with Crippen molar-refractivity contribution in [1.29, 1.82) is 0 Å². The highest BCUT2D eigenvalue weighted by Gasteiger charge is 2.19. The van der Waals surface area contributed by atoms with Gasteiger partial charge in [-0.05, 0) is 59.3 Å². The molecule has 2 heterocycles. The van der Waals surface area contributed by atoms with Gasteiger partial charge in [0.05, 0.1) is 17.6 Å². The maximum absolute atomic E-state index is 12.2. The smallest absolute Gasteiger partial charge is 0.349 e. The Balaban J connectivity index is 1.93. The molecule has 2 aromatic carbocycles. The summed E-state index contributed by atoms with van der Waals surface area (Å²) in [6.07, 6.45) is 0. The van der Waals surface area contributed by atoms with Crippen LogP contribution in [0.15, 0.2) is 45.6 Å². The Bertz CT molecular complexity index is 1340. The van der Waals surface area contributed by atoms with Crippen LogP contribution in [0.25, 0.3) is 22.0 Å². The lowest BCUT2D eigenvalue weighted by molar-refractivity contribution is 0.0996. The van der Waals surface area contributed by atoms with Crippen LogP contribution in [0, 0.1) is 10.5 Å². The number of amides is 1. The van der Waals surface area contributed by atoms with E-state index in [1.54, 1.807) is 26.2 Å². The highest BCUT2D eigenvalue weighted by atomic mass is 127. The fourth-order valence-electron chi connectivity index (χ4n) is 3.45. The van der Waals surface area contributed by atoms with Gasteiger partial charge < -0.3 is 24.8 Å². The predicted molar refractivity (Wildman–Crippen MR) is 123 cm³/mol. The molecule has 0 atom stereocenters. The van der Waals surface area contributed by atoms with Crippen LogP contribution < -0.4 is 16.7 Å². The van der Waals surface area contributed by atoms with Gasteiger partial charge in [0.1, 0.15) is 11.1 Å². The topological polar surface area (TPSA) is 112 Å². The van der Waals surface area contributed by atoms with Crippen LogP contribution in [-0.4, -0.2) is 29.2 Å². The summed E-state index contributed by atoms with van der Waals surface area (Å²) in [6, 6.07) is 11.5. The molecule has 0 saturated heterocycles. The summed E-state index contributed by atoms with van der Waals surface area (Å²) in [7, 11) is 1.63. The summed E-state index contributed by atoms with van der Waals surface area (Å²) in [6.45, 7) is 2.71. The third-order valence-electron chi connectivity index (χ3n) is 4.88. The molecule has 0 spiro atoms. The molecule has 3 N–H and O–H groups in total. The number of imidazole rings is 1. The Morgan fingerprint density at radius 2 is 2.13 bits per heavy atom. The zero-order valence-electron chi connectivity index (χ0n) is 16.4. The van der Waals surface area contributed by atoms with Gasteiger partial charge in [0.2, 0.25) is 5.95 Å². The van der Waals surface area contributed by atoms with E-state index in [-0.39, 0.29) is 5.56 Å². The number of nitrogens with two attached hydrogens (primary N) is 1. The van der Waals surface area contributed by atoms with Crippen LogP contribution in [0.2, 0.25) is 0 Å². The first kappa shape index (κ1) is 20.4. The van der Waals surface area contributed by atoms with E-state index in [2.05, 4.69) is 27.9 Å². The molecule has 0 aliphatic carbocycles. The number of aromatic nitrogens is 2. The Morgan fingerprint density at radius 1 is 1.33 bits per heavy atom. The van der Waals surface area contributed by atoms with Gasteiger partial charge in [-0.25, -0.2) is 9.78 Å². The molecule has 8 nitrogen and oxygen atoms in total. The average molecular weight is 518 g/mol. The van der Waals surface area contributed by atoms with Gasteiger partial charge in [0.25, 0.3) is 5.91 Å². The number of hydrogen-bond acceptors (Lipinski definition) is 6. The molecule has 4 rings (SSSR count). The van der Waals surface area contributed by atoms with Crippen molar-refractivity contribution in [1.82, 2.24) is 9.55 Å². The van der Waals surface area contributed by atoms with Crippen LogP contribution in [0.4, 0.5) is 11.6 Å². The van der Waals surface area contributed by atoms with Crippen LogP contribution in [-0.2, 0) is 11.3 Å². The molecule has 0 fully saturated rings. The maximum atomic E-state index is 12.2. The van der Waals surface area contributed by atoms with Crippen LogP contribution in [0.3, 0.4) is 0 Å². The SMILES string of the molecule is COCCn1c(Nc2cccc(I)c2)nc2cc3c(C)c(C(N)=O)c(=O)oc3cc21. The van der Waals surface area contributed by atoms with E-state index >= 15 is 0 Å². The molecular weight excluding hydrogens is 499 g/mol.